The van der Waals surface area contributed by atoms with Crippen molar-refractivity contribution in [3.8, 4) is 0 Å². The summed E-state index contributed by atoms with van der Waals surface area (Å²) in [6.45, 7) is 22.9. The number of hydrogen-bond donors (Lipinski definition) is 2. The zero-order chi connectivity index (χ0) is 20.8. The number of aromatic nitrogens is 1. The van der Waals surface area contributed by atoms with E-state index in [4.69, 9.17) is 0 Å². The Kier molecular flexibility index (Phi) is 11.7. The van der Waals surface area contributed by atoms with Crippen molar-refractivity contribution in [2.45, 2.75) is 33.7 Å². The van der Waals surface area contributed by atoms with Gasteiger partial charge in [0.05, 0.1) is 31.9 Å². The lowest BCUT2D eigenvalue weighted by molar-refractivity contribution is -0.923. The Morgan fingerprint density at radius 1 is 0.862 bits per heavy atom. The van der Waals surface area contributed by atoms with Crippen molar-refractivity contribution in [3.63, 3.8) is 0 Å². The molecule has 0 saturated carbocycles. The molecule has 1 fully saturated rings. The van der Waals surface area contributed by atoms with Gasteiger partial charge in [-0.05, 0) is 32.9 Å². The summed E-state index contributed by atoms with van der Waals surface area (Å²) >= 11 is 0. The smallest absolute Gasteiger partial charge is 0.0798 e. The molecule has 6 heteroatoms. The van der Waals surface area contributed by atoms with E-state index in [1.807, 2.05) is 12.3 Å². The van der Waals surface area contributed by atoms with Crippen molar-refractivity contribution < 1.29 is 4.48 Å². The minimum Gasteiger partial charge on any atom is -0.324 e. The molecule has 1 aromatic heterocycles. The maximum atomic E-state index is 4.49. The maximum Gasteiger partial charge on any atom is 0.0798 e. The van der Waals surface area contributed by atoms with Gasteiger partial charge >= 0.3 is 0 Å². The van der Waals surface area contributed by atoms with E-state index in [1.165, 1.54) is 43.6 Å². The average Bonchev–Trinajstić information content (AvgIpc) is 2.75. The van der Waals surface area contributed by atoms with Gasteiger partial charge in [0, 0.05) is 78.1 Å². The fraction of sp³-hybridized carbons (Fsp3) is 0.783. The SMILES string of the molecule is CC[N+](CC)(CC)CCCN1CCNCCN(Cc2ccccn2)CCNCC1. The third kappa shape index (κ3) is 9.09. The topological polar surface area (TPSA) is 43.4 Å². The molecule has 1 aliphatic rings. The number of rotatable bonds is 9. The fourth-order valence-corrected chi connectivity index (χ4v) is 4.30. The molecule has 0 amide bonds. The predicted octanol–water partition coefficient (Wildman–Crippen LogP) is 1.65. The van der Waals surface area contributed by atoms with Gasteiger partial charge < -0.3 is 20.0 Å². The molecule has 166 valence electrons. The van der Waals surface area contributed by atoms with Crippen molar-refractivity contribution in [2.24, 2.45) is 0 Å². The summed E-state index contributed by atoms with van der Waals surface area (Å²) in [5, 5.41) is 7.32. The predicted molar refractivity (Wildman–Crippen MR) is 123 cm³/mol. The van der Waals surface area contributed by atoms with Crippen LogP contribution in [0.2, 0.25) is 0 Å². The van der Waals surface area contributed by atoms with Gasteiger partial charge in [0.15, 0.2) is 0 Å². The molecule has 0 unspecified atom stereocenters. The largest absolute Gasteiger partial charge is 0.324 e. The maximum absolute atomic E-state index is 4.49. The standard InChI is InChI=1S/C23H45N6/c1-4-29(5-2,6-3)21-9-16-27-17-12-24-14-19-28(20-15-25-13-18-27)22-23-10-7-8-11-26-23/h7-8,10-11,24-25H,4-6,9,12-22H2,1-3H3/q+1. The number of pyridine rings is 1. The summed E-state index contributed by atoms with van der Waals surface area (Å²) in [5.41, 5.74) is 1.16. The molecule has 29 heavy (non-hydrogen) atoms. The lowest BCUT2D eigenvalue weighted by atomic mass is 10.2. The van der Waals surface area contributed by atoms with Crippen LogP contribution >= 0.6 is 0 Å². The number of nitrogens with zero attached hydrogens (tertiary/aromatic N) is 4. The van der Waals surface area contributed by atoms with E-state index in [0.717, 1.165) is 64.6 Å². The molecule has 0 spiro atoms. The van der Waals surface area contributed by atoms with Crippen LogP contribution in [-0.4, -0.2) is 104 Å². The van der Waals surface area contributed by atoms with Crippen molar-refractivity contribution in [1.29, 1.82) is 0 Å². The number of hydrogen-bond acceptors (Lipinski definition) is 5. The van der Waals surface area contributed by atoms with Gasteiger partial charge in [0.25, 0.3) is 0 Å². The fourth-order valence-electron chi connectivity index (χ4n) is 4.30. The van der Waals surface area contributed by atoms with E-state index in [9.17, 15) is 0 Å². The third-order valence-electron chi connectivity index (χ3n) is 6.65. The highest BCUT2D eigenvalue weighted by molar-refractivity contribution is 5.03. The Labute approximate surface area is 179 Å². The van der Waals surface area contributed by atoms with E-state index in [0.29, 0.717) is 0 Å². The van der Waals surface area contributed by atoms with Gasteiger partial charge in [0.1, 0.15) is 0 Å². The summed E-state index contributed by atoms with van der Waals surface area (Å²) in [4.78, 5) is 9.63. The van der Waals surface area contributed by atoms with E-state index in [-0.39, 0.29) is 0 Å². The first-order chi connectivity index (χ1) is 14.2. The minimum atomic E-state index is 0.933. The first kappa shape index (κ1) is 24.2. The molecular formula is C23H45N6+. The van der Waals surface area contributed by atoms with E-state index < -0.39 is 0 Å². The molecular weight excluding hydrogens is 360 g/mol. The van der Waals surface area contributed by atoms with Crippen LogP contribution in [0, 0.1) is 0 Å². The molecule has 2 rings (SSSR count). The van der Waals surface area contributed by atoms with Crippen LogP contribution in [0.15, 0.2) is 24.4 Å². The monoisotopic (exact) mass is 405 g/mol. The van der Waals surface area contributed by atoms with E-state index in [2.05, 4.69) is 58.3 Å². The molecule has 0 aromatic carbocycles. The van der Waals surface area contributed by atoms with Crippen LogP contribution in [0.1, 0.15) is 32.9 Å². The third-order valence-corrected chi connectivity index (χ3v) is 6.65. The Morgan fingerprint density at radius 3 is 1.97 bits per heavy atom. The number of quaternary nitrogens is 1. The minimum absolute atomic E-state index is 0.933. The Hall–Kier alpha value is -1.05. The molecule has 0 radical (unpaired) electrons. The van der Waals surface area contributed by atoms with Crippen LogP contribution in [0.5, 0.6) is 0 Å². The van der Waals surface area contributed by atoms with Crippen LogP contribution < -0.4 is 10.6 Å². The van der Waals surface area contributed by atoms with Gasteiger partial charge in [-0.1, -0.05) is 6.07 Å². The Morgan fingerprint density at radius 2 is 1.45 bits per heavy atom. The molecule has 0 bridgehead atoms. The van der Waals surface area contributed by atoms with Gasteiger partial charge in [-0.3, -0.25) is 9.88 Å². The van der Waals surface area contributed by atoms with Crippen LogP contribution in [0.25, 0.3) is 0 Å². The highest BCUT2D eigenvalue weighted by Gasteiger charge is 2.20. The van der Waals surface area contributed by atoms with E-state index >= 15 is 0 Å². The van der Waals surface area contributed by atoms with Crippen molar-refractivity contribution in [2.75, 3.05) is 85.1 Å². The van der Waals surface area contributed by atoms with Crippen molar-refractivity contribution >= 4 is 0 Å². The second-order valence-corrected chi connectivity index (χ2v) is 8.31. The quantitative estimate of drug-likeness (QED) is 0.612. The summed E-state index contributed by atoms with van der Waals surface area (Å²) < 4.78 is 1.26. The van der Waals surface area contributed by atoms with Crippen molar-refractivity contribution in [3.05, 3.63) is 30.1 Å². The van der Waals surface area contributed by atoms with Gasteiger partial charge in [-0.2, -0.15) is 0 Å². The highest BCUT2D eigenvalue weighted by Crippen LogP contribution is 2.08. The van der Waals surface area contributed by atoms with Gasteiger partial charge in [-0.15, -0.1) is 0 Å². The number of nitrogens with one attached hydrogen (secondary N) is 2. The molecule has 0 aliphatic carbocycles. The summed E-state index contributed by atoms with van der Waals surface area (Å²) in [7, 11) is 0. The lowest BCUT2D eigenvalue weighted by Gasteiger charge is -2.36. The second kappa shape index (κ2) is 14.0. The van der Waals surface area contributed by atoms with Crippen LogP contribution in [0.3, 0.4) is 0 Å². The lowest BCUT2D eigenvalue weighted by Crippen LogP contribution is -2.49. The molecule has 1 aliphatic heterocycles. The van der Waals surface area contributed by atoms with Crippen molar-refractivity contribution in [1.82, 2.24) is 25.4 Å². The van der Waals surface area contributed by atoms with Crippen LogP contribution in [0.4, 0.5) is 0 Å². The first-order valence-electron chi connectivity index (χ1n) is 11.8. The zero-order valence-electron chi connectivity index (χ0n) is 19.2. The van der Waals surface area contributed by atoms with Gasteiger partial charge in [-0.25, -0.2) is 0 Å². The Balaban J connectivity index is 1.74. The molecule has 1 saturated heterocycles. The highest BCUT2D eigenvalue weighted by atomic mass is 15.3. The average molecular weight is 406 g/mol. The molecule has 6 nitrogen and oxygen atoms in total. The summed E-state index contributed by atoms with van der Waals surface area (Å²) in [6, 6.07) is 6.19. The molecule has 1 aromatic rings. The summed E-state index contributed by atoms with van der Waals surface area (Å²) in [6.07, 6.45) is 3.19. The molecule has 0 atom stereocenters. The Bertz CT molecular complexity index is 497. The first-order valence-corrected chi connectivity index (χ1v) is 11.8. The van der Waals surface area contributed by atoms with Gasteiger partial charge in [0.2, 0.25) is 0 Å². The van der Waals surface area contributed by atoms with E-state index in [1.54, 1.807) is 0 Å². The zero-order valence-corrected chi connectivity index (χ0v) is 19.2. The molecule has 2 N–H and O–H groups in total. The normalized spacial score (nSPS) is 18.9. The second-order valence-electron chi connectivity index (χ2n) is 8.31. The molecule has 2 heterocycles. The van der Waals surface area contributed by atoms with Crippen LogP contribution in [-0.2, 0) is 6.54 Å². The summed E-state index contributed by atoms with van der Waals surface area (Å²) in [5.74, 6) is 0.